The third-order valence-corrected chi connectivity index (χ3v) is 4.45. The van der Waals surface area contributed by atoms with Crippen LogP contribution in [0.5, 0.6) is 0 Å². The molecule has 0 radical (unpaired) electrons. The molecule has 0 unspecified atom stereocenters. The van der Waals surface area contributed by atoms with Crippen molar-refractivity contribution in [3.8, 4) is 0 Å². The van der Waals surface area contributed by atoms with Crippen molar-refractivity contribution in [2.45, 2.75) is 12.7 Å². The molecule has 1 aromatic carbocycles. The van der Waals surface area contributed by atoms with Crippen molar-refractivity contribution in [3.63, 3.8) is 0 Å². The Labute approximate surface area is 147 Å². The van der Waals surface area contributed by atoms with Crippen LogP contribution in [-0.4, -0.2) is 50.9 Å². The Kier molecular flexibility index (Phi) is 4.23. The Bertz CT molecular complexity index is 884. The van der Waals surface area contributed by atoms with Gasteiger partial charge in [0, 0.05) is 32.7 Å². The Morgan fingerprint density at radius 2 is 1.62 bits per heavy atom. The molecule has 9 heteroatoms. The molecule has 0 spiro atoms. The van der Waals surface area contributed by atoms with Crippen molar-refractivity contribution in [3.05, 3.63) is 53.9 Å². The Hall–Kier alpha value is -2.68. The van der Waals surface area contributed by atoms with E-state index in [4.69, 9.17) is 0 Å². The highest BCUT2D eigenvalue weighted by Gasteiger charge is 2.37. The Balaban J connectivity index is 1.47. The number of piperazine rings is 1. The molecule has 0 bridgehead atoms. The highest BCUT2D eigenvalue weighted by atomic mass is 19.4. The minimum Gasteiger partial charge on any atom is -0.353 e. The molecule has 0 amide bonds. The van der Waals surface area contributed by atoms with Gasteiger partial charge in [0.05, 0.1) is 0 Å². The van der Waals surface area contributed by atoms with E-state index in [-0.39, 0.29) is 5.65 Å². The molecule has 1 saturated heterocycles. The van der Waals surface area contributed by atoms with E-state index < -0.39 is 12.0 Å². The van der Waals surface area contributed by atoms with E-state index in [1.807, 2.05) is 23.1 Å². The normalized spacial score (nSPS) is 16.3. The number of hydrogen-bond donors (Lipinski definition) is 0. The molecule has 1 fully saturated rings. The number of rotatable bonds is 3. The number of hydrogen-bond acceptors (Lipinski definition) is 5. The van der Waals surface area contributed by atoms with Crippen molar-refractivity contribution >= 4 is 11.5 Å². The molecule has 4 rings (SSSR count). The maximum Gasteiger partial charge on any atom is 0.453 e. The van der Waals surface area contributed by atoms with Gasteiger partial charge < -0.3 is 4.90 Å². The number of nitrogens with zero attached hydrogens (tertiary/aromatic N) is 6. The second-order valence-electron chi connectivity index (χ2n) is 6.23. The molecular formula is C17H17F3N6. The summed E-state index contributed by atoms with van der Waals surface area (Å²) in [6.45, 7) is 3.92. The number of fused-ring (bicyclic) bond motifs is 1. The zero-order valence-electron chi connectivity index (χ0n) is 13.9. The summed E-state index contributed by atoms with van der Waals surface area (Å²) < 4.78 is 39.8. The topological polar surface area (TPSA) is 49.6 Å². The first kappa shape index (κ1) is 16.8. The second kappa shape index (κ2) is 6.56. The Morgan fingerprint density at radius 1 is 0.885 bits per heavy atom. The highest BCUT2D eigenvalue weighted by Crippen LogP contribution is 2.28. The molecule has 0 saturated carbocycles. The van der Waals surface area contributed by atoms with Crippen molar-refractivity contribution in [1.82, 2.24) is 24.7 Å². The van der Waals surface area contributed by atoms with E-state index in [2.05, 4.69) is 32.3 Å². The quantitative estimate of drug-likeness (QED) is 0.716. The summed E-state index contributed by atoms with van der Waals surface area (Å²) >= 11 is 0. The predicted octanol–water partition coefficient (Wildman–Crippen LogP) is 2.47. The third-order valence-electron chi connectivity index (χ3n) is 4.45. The molecule has 26 heavy (non-hydrogen) atoms. The van der Waals surface area contributed by atoms with Gasteiger partial charge in [0.15, 0.2) is 5.65 Å². The molecule has 1 aliphatic heterocycles. The summed E-state index contributed by atoms with van der Waals surface area (Å²) in [5.74, 6) is -0.598. The van der Waals surface area contributed by atoms with Crippen LogP contribution in [0.4, 0.5) is 19.0 Å². The van der Waals surface area contributed by atoms with E-state index in [1.54, 1.807) is 6.07 Å². The van der Waals surface area contributed by atoms with Crippen molar-refractivity contribution in [2.75, 3.05) is 31.1 Å². The van der Waals surface area contributed by atoms with E-state index in [1.165, 1.54) is 11.6 Å². The van der Waals surface area contributed by atoms with E-state index >= 15 is 0 Å². The van der Waals surface area contributed by atoms with Crippen LogP contribution in [0.2, 0.25) is 0 Å². The highest BCUT2D eigenvalue weighted by molar-refractivity contribution is 5.46. The molecule has 3 heterocycles. The van der Waals surface area contributed by atoms with Gasteiger partial charge in [0.25, 0.3) is 5.82 Å². The standard InChI is InChI=1S/C17H17F3N6/c18-17(19,20)16-22-21-14-6-7-15(23-26(14)16)25-10-8-24(9-11-25)12-13-4-2-1-3-5-13/h1-7H,8-12H2. The van der Waals surface area contributed by atoms with Crippen LogP contribution in [0, 0.1) is 0 Å². The minimum atomic E-state index is -4.58. The predicted molar refractivity (Wildman–Crippen MR) is 89.7 cm³/mol. The van der Waals surface area contributed by atoms with Crippen LogP contribution >= 0.6 is 0 Å². The fraction of sp³-hybridized carbons (Fsp3) is 0.353. The van der Waals surface area contributed by atoms with Gasteiger partial charge in [-0.15, -0.1) is 15.3 Å². The summed E-state index contributed by atoms with van der Waals surface area (Å²) in [5.41, 5.74) is 1.34. The first-order chi connectivity index (χ1) is 12.5. The van der Waals surface area contributed by atoms with Gasteiger partial charge in [-0.3, -0.25) is 4.90 Å². The monoisotopic (exact) mass is 362 g/mol. The lowest BCUT2D eigenvalue weighted by atomic mass is 10.2. The molecule has 136 valence electrons. The summed E-state index contributed by atoms with van der Waals surface area (Å²) in [6, 6.07) is 13.4. The molecule has 0 N–H and O–H groups in total. The van der Waals surface area contributed by atoms with E-state index in [9.17, 15) is 13.2 Å². The van der Waals surface area contributed by atoms with Crippen LogP contribution in [0.25, 0.3) is 5.65 Å². The number of alkyl halides is 3. The molecule has 0 atom stereocenters. The van der Waals surface area contributed by atoms with Crippen LogP contribution < -0.4 is 4.90 Å². The summed E-state index contributed by atoms with van der Waals surface area (Å²) in [5, 5.41) is 10.9. The van der Waals surface area contributed by atoms with E-state index in [0.29, 0.717) is 18.9 Å². The SMILES string of the molecule is FC(F)(F)c1nnc2ccc(N3CCN(Cc4ccccc4)CC3)nn12. The Morgan fingerprint density at radius 3 is 2.31 bits per heavy atom. The number of halogens is 3. The summed E-state index contributed by atoms with van der Waals surface area (Å²) in [6.07, 6.45) is -4.58. The van der Waals surface area contributed by atoms with Crippen LogP contribution in [-0.2, 0) is 12.7 Å². The first-order valence-corrected chi connectivity index (χ1v) is 8.31. The molecule has 0 aliphatic carbocycles. The zero-order chi connectivity index (χ0) is 18.1. The fourth-order valence-electron chi connectivity index (χ4n) is 3.10. The number of benzene rings is 1. The van der Waals surface area contributed by atoms with E-state index in [0.717, 1.165) is 24.1 Å². The zero-order valence-corrected chi connectivity index (χ0v) is 13.9. The lowest BCUT2D eigenvalue weighted by Gasteiger charge is -2.35. The van der Waals surface area contributed by atoms with Crippen molar-refractivity contribution in [1.29, 1.82) is 0 Å². The van der Waals surface area contributed by atoms with Crippen LogP contribution in [0.1, 0.15) is 11.4 Å². The van der Waals surface area contributed by atoms with Gasteiger partial charge >= 0.3 is 6.18 Å². The lowest BCUT2D eigenvalue weighted by Crippen LogP contribution is -2.46. The molecule has 3 aromatic rings. The first-order valence-electron chi connectivity index (χ1n) is 8.31. The lowest BCUT2D eigenvalue weighted by molar-refractivity contribution is -0.146. The van der Waals surface area contributed by atoms with Gasteiger partial charge in [-0.05, 0) is 17.7 Å². The van der Waals surface area contributed by atoms with Crippen molar-refractivity contribution < 1.29 is 13.2 Å². The number of aromatic nitrogens is 4. The molecule has 1 aliphatic rings. The van der Waals surface area contributed by atoms with Gasteiger partial charge in [-0.1, -0.05) is 30.3 Å². The van der Waals surface area contributed by atoms with Crippen LogP contribution in [0.3, 0.4) is 0 Å². The van der Waals surface area contributed by atoms with Crippen molar-refractivity contribution in [2.24, 2.45) is 0 Å². The summed E-state index contributed by atoms with van der Waals surface area (Å²) in [7, 11) is 0. The maximum absolute atomic E-state index is 13.0. The maximum atomic E-state index is 13.0. The number of anilines is 1. The van der Waals surface area contributed by atoms with Crippen LogP contribution in [0.15, 0.2) is 42.5 Å². The smallest absolute Gasteiger partial charge is 0.353 e. The molecule has 6 nitrogen and oxygen atoms in total. The second-order valence-corrected chi connectivity index (χ2v) is 6.23. The average Bonchev–Trinajstić information content (AvgIpc) is 3.07. The molecule has 2 aromatic heterocycles. The molecular weight excluding hydrogens is 345 g/mol. The minimum absolute atomic E-state index is 0.0868. The van der Waals surface area contributed by atoms with Gasteiger partial charge in [0.1, 0.15) is 5.82 Å². The van der Waals surface area contributed by atoms with Gasteiger partial charge in [-0.2, -0.15) is 17.7 Å². The third kappa shape index (κ3) is 3.34. The fourth-order valence-corrected chi connectivity index (χ4v) is 3.10. The average molecular weight is 362 g/mol. The van der Waals surface area contributed by atoms with Gasteiger partial charge in [0.2, 0.25) is 0 Å². The van der Waals surface area contributed by atoms with Gasteiger partial charge in [-0.25, -0.2) is 0 Å². The summed E-state index contributed by atoms with van der Waals surface area (Å²) in [4.78, 5) is 4.31. The largest absolute Gasteiger partial charge is 0.453 e.